The molecule has 0 aliphatic carbocycles. The summed E-state index contributed by atoms with van der Waals surface area (Å²) < 4.78 is 21.8. The van der Waals surface area contributed by atoms with Crippen molar-refractivity contribution in [2.45, 2.75) is 13.3 Å². The van der Waals surface area contributed by atoms with E-state index in [0.717, 1.165) is 10.0 Å². The Hall–Kier alpha value is -3.17. The molecule has 0 bridgehead atoms. The first-order chi connectivity index (χ1) is 15.4. The third kappa shape index (κ3) is 6.18. The maximum absolute atomic E-state index is 12.2. The van der Waals surface area contributed by atoms with Crippen LogP contribution < -0.4 is 20.4 Å². The Morgan fingerprint density at radius 1 is 1.09 bits per heavy atom. The van der Waals surface area contributed by atoms with Gasteiger partial charge in [-0.2, -0.15) is 0 Å². The minimum absolute atomic E-state index is 0.0992. The van der Waals surface area contributed by atoms with Crippen molar-refractivity contribution in [3.63, 3.8) is 0 Å². The number of rotatable bonds is 9. The summed E-state index contributed by atoms with van der Waals surface area (Å²) in [5.41, 5.74) is 0.293. The zero-order chi connectivity index (χ0) is 23.1. The van der Waals surface area contributed by atoms with E-state index in [1.54, 1.807) is 31.4 Å². The normalized spacial score (nSPS) is 10.7. The summed E-state index contributed by atoms with van der Waals surface area (Å²) in [5.74, 6) is -0.398. The van der Waals surface area contributed by atoms with E-state index >= 15 is 0 Å². The Labute approximate surface area is 192 Å². The number of hydrogen-bond acceptors (Lipinski definition) is 7. The van der Waals surface area contributed by atoms with Crippen LogP contribution >= 0.6 is 15.9 Å². The lowest BCUT2D eigenvalue weighted by molar-refractivity contribution is -0.136. The number of amides is 1. The molecule has 1 aromatic heterocycles. The topological polar surface area (TPSA) is 104 Å². The Bertz CT molecular complexity index is 1190. The second-order valence-corrected chi connectivity index (χ2v) is 7.78. The van der Waals surface area contributed by atoms with Crippen LogP contribution in [-0.2, 0) is 9.53 Å². The van der Waals surface area contributed by atoms with E-state index < -0.39 is 17.5 Å². The SMILES string of the molecule is COCCCNC(=O)c1cc2ccc(OC(=O)COc3ccc(Br)c(C)c3)cc2oc1=O. The fourth-order valence-corrected chi connectivity index (χ4v) is 3.08. The number of aryl methyl sites for hydroxylation is 1. The maximum Gasteiger partial charge on any atom is 0.349 e. The molecule has 9 heteroatoms. The van der Waals surface area contributed by atoms with Crippen molar-refractivity contribution in [3.8, 4) is 11.5 Å². The molecule has 1 heterocycles. The van der Waals surface area contributed by atoms with E-state index in [-0.39, 0.29) is 23.5 Å². The van der Waals surface area contributed by atoms with Gasteiger partial charge in [-0.3, -0.25) is 4.79 Å². The van der Waals surface area contributed by atoms with Gasteiger partial charge in [-0.05, 0) is 55.3 Å². The predicted octanol–water partition coefficient (Wildman–Crippen LogP) is 3.61. The summed E-state index contributed by atoms with van der Waals surface area (Å²) >= 11 is 3.40. The van der Waals surface area contributed by atoms with Gasteiger partial charge in [-0.25, -0.2) is 9.59 Å². The number of fused-ring (bicyclic) bond motifs is 1. The number of halogens is 1. The fraction of sp³-hybridized carbons (Fsp3) is 0.261. The molecule has 0 aliphatic heterocycles. The molecule has 0 saturated heterocycles. The molecule has 0 spiro atoms. The number of esters is 1. The fourth-order valence-electron chi connectivity index (χ4n) is 2.84. The van der Waals surface area contributed by atoms with Crippen molar-refractivity contribution in [3.05, 3.63) is 68.5 Å². The van der Waals surface area contributed by atoms with Crippen LogP contribution in [0, 0.1) is 6.92 Å². The van der Waals surface area contributed by atoms with Crippen LogP contribution in [0.1, 0.15) is 22.3 Å². The molecule has 0 saturated carbocycles. The van der Waals surface area contributed by atoms with Crippen LogP contribution in [0.4, 0.5) is 0 Å². The highest BCUT2D eigenvalue weighted by Gasteiger charge is 2.14. The monoisotopic (exact) mass is 503 g/mol. The van der Waals surface area contributed by atoms with Gasteiger partial charge in [0.2, 0.25) is 0 Å². The third-order valence-electron chi connectivity index (χ3n) is 4.48. The number of nitrogens with one attached hydrogen (secondary N) is 1. The van der Waals surface area contributed by atoms with E-state index in [1.165, 1.54) is 12.1 Å². The lowest BCUT2D eigenvalue weighted by Gasteiger charge is -2.09. The number of ether oxygens (including phenoxy) is 3. The molecular formula is C23H22BrNO7. The van der Waals surface area contributed by atoms with Gasteiger partial charge in [0.25, 0.3) is 5.91 Å². The Kier molecular flexibility index (Phi) is 8.02. The summed E-state index contributed by atoms with van der Waals surface area (Å²) in [6, 6.07) is 11.4. The molecule has 0 aliphatic rings. The predicted molar refractivity (Wildman–Crippen MR) is 121 cm³/mol. The Balaban J connectivity index is 1.64. The molecule has 1 amide bonds. The van der Waals surface area contributed by atoms with E-state index in [2.05, 4.69) is 21.2 Å². The standard InChI is InChI=1S/C23H22BrNO7/c1-14-10-16(6-7-19(14)24)30-13-21(26)31-17-5-4-15-11-18(23(28)32-20(15)12-17)22(27)25-8-3-9-29-2/h4-7,10-12H,3,8-9,13H2,1-2H3,(H,25,27). The Morgan fingerprint density at radius 3 is 2.62 bits per heavy atom. The third-order valence-corrected chi connectivity index (χ3v) is 5.37. The summed E-state index contributed by atoms with van der Waals surface area (Å²) in [4.78, 5) is 36.6. The van der Waals surface area contributed by atoms with Crippen molar-refractivity contribution < 1.29 is 28.2 Å². The number of carbonyl (C=O) groups is 2. The number of carbonyl (C=O) groups excluding carboxylic acids is 2. The first kappa shape index (κ1) is 23.5. The second-order valence-electron chi connectivity index (χ2n) is 6.92. The van der Waals surface area contributed by atoms with Gasteiger partial charge in [0.15, 0.2) is 6.61 Å². The van der Waals surface area contributed by atoms with E-state index in [0.29, 0.717) is 30.7 Å². The van der Waals surface area contributed by atoms with E-state index in [4.69, 9.17) is 18.6 Å². The molecular weight excluding hydrogens is 482 g/mol. The van der Waals surface area contributed by atoms with Crippen LogP contribution in [-0.4, -0.2) is 38.7 Å². The van der Waals surface area contributed by atoms with Crippen LogP contribution in [0.2, 0.25) is 0 Å². The minimum Gasteiger partial charge on any atom is -0.482 e. The number of methoxy groups -OCH3 is 1. The molecule has 0 unspecified atom stereocenters. The molecule has 1 N–H and O–H groups in total. The van der Waals surface area contributed by atoms with Crippen molar-refractivity contribution in [1.82, 2.24) is 5.32 Å². The zero-order valence-corrected chi connectivity index (χ0v) is 19.2. The number of hydrogen-bond donors (Lipinski definition) is 1. The van der Waals surface area contributed by atoms with Crippen molar-refractivity contribution >= 4 is 38.8 Å². The van der Waals surface area contributed by atoms with Crippen LogP contribution in [0.3, 0.4) is 0 Å². The highest BCUT2D eigenvalue weighted by atomic mass is 79.9. The second kappa shape index (κ2) is 10.9. The Morgan fingerprint density at radius 2 is 1.88 bits per heavy atom. The summed E-state index contributed by atoms with van der Waals surface area (Å²) in [7, 11) is 1.57. The molecule has 8 nitrogen and oxygen atoms in total. The zero-order valence-electron chi connectivity index (χ0n) is 17.6. The molecule has 0 atom stereocenters. The van der Waals surface area contributed by atoms with Gasteiger partial charge >= 0.3 is 11.6 Å². The summed E-state index contributed by atoms with van der Waals surface area (Å²) in [6.07, 6.45) is 0.626. The van der Waals surface area contributed by atoms with Gasteiger partial charge in [0.05, 0.1) is 0 Å². The van der Waals surface area contributed by atoms with Crippen molar-refractivity contribution in [2.24, 2.45) is 0 Å². The molecule has 0 radical (unpaired) electrons. The molecule has 3 rings (SSSR count). The van der Waals surface area contributed by atoms with Crippen LogP contribution in [0.25, 0.3) is 11.0 Å². The highest BCUT2D eigenvalue weighted by Crippen LogP contribution is 2.23. The number of benzene rings is 2. The quantitative estimate of drug-likeness (QED) is 0.206. The largest absolute Gasteiger partial charge is 0.482 e. The lowest BCUT2D eigenvalue weighted by atomic mass is 10.1. The van der Waals surface area contributed by atoms with Gasteiger partial charge in [-0.1, -0.05) is 15.9 Å². The van der Waals surface area contributed by atoms with Gasteiger partial charge in [0.1, 0.15) is 22.6 Å². The average molecular weight is 504 g/mol. The van der Waals surface area contributed by atoms with Gasteiger partial charge in [-0.15, -0.1) is 0 Å². The molecule has 32 heavy (non-hydrogen) atoms. The summed E-state index contributed by atoms with van der Waals surface area (Å²) in [5, 5.41) is 3.17. The van der Waals surface area contributed by atoms with Crippen molar-refractivity contribution in [1.29, 1.82) is 0 Å². The molecule has 0 fully saturated rings. The highest BCUT2D eigenvalue weighted by molar-refractivity contribution is 9.10. The maximum atomic E-state index is 12.2. The summed E-state index contributed by atoms with van der Waals surface area (Å²) in [6.45, 7) is 2.50. The first-order valence-electron chi connectivity index (χ1n) is 9.82. The van der Waals surface area contributed by atoms with E-state index in [1.807, 2.05) is 13.0 Å². The molecule has 2 aromatic carbocycles. The van der Waals surface area contributed by atoms with Crippen molar-refractivity contribution in [2.75, 3.05) is 26.9 Å². The first-order valence-corrected chi connectivity index (χ1v) is 10.6. The average Bonchev–Trinajstić information content (AvgIpc) is 2.77. The molecule has 168 valence electrons. The van der Waals surface area contributed by atoms with E-state index in [9.17, 15) is 14.4 Å². The molecule has 3 aromatic rings. The van der Waals surface area contributed by atoms with Crippen LogP contribution in [0.5, 0.6) is 11.5 Å². The lowest BCUT2D eigenvalue weighted by Crippen LogP contribution is -2.29. The minimum atomic E-state index is -0.779. The van der Waals surface area contributed by atoms with Gasteiger partial charge < -0.3 is 23.9 Å². The van der Waals surface area contributed by atoms with Gasteiger partial charge in [0, 0.05) is 36.2 Å². The smallest absolute Gasteiger partial charge is 0.349 e. The van der Waals surface area contributed by atoms with Crippen LogP contribution in [0.15, 0.2) is 56.1 Å².